The molecule has 1 aliphatic heterocycles. The fourth-order valence-electron chi connectivity index (χ4n) is 4.70. The van der Waals surface area contributed by atoms with Gasteiger partial charge in [0.25, 0.3) is 0 Å². The van der Waals surface area contributed by atoms with Crippen LogP contribution in [0, 0.1) is 6.92 Å². The van der Waals surface area contributed by atoms with Crippen molar-refractivity contribution in [3.8, 4) is 5.75 Å². The normalized spacial score (nSPS) is 18.9. The molecule has 0 spiro atoms. The Morgan fingerprint density at radius 2 is 1.63 bits per heavy atom. The quantitative estimate of drug-likeness (QED) is 0.416. The summed E-state index contributed by atoms with van der Waals surface area (Å²) in [6.45, 7) is 1.35. The zero-order chi connectivity index (χ0) is 25.4. The molecule has 1 N–H and O–H groups in total. The predicted octanol–water partition coefficient (Wildman–Crippen LogP) is 6.17. The van der Waals surface area contributed by atoms with Crippen LogP contribution in [0.25, 0.3) is 0 Å². The maximum Gasteiger partial charge on any atom is 0.573 e. The Kier molecular flexibility index (Phi) is 6.48. The number of halogens is 6. The molecule has 0 radical (unpaired) electrons. The topological polar surface area (TPSA) is 32.7 Å². The highest BCUT2D eigenvalue weighted by molar-refractivity contribution is 5.67. The summed E-state index contributed by atoms with van der Waals surface area (Å²) in [6.07, 6.45) is -12.0. The van der Waals surface area contributed by atoms with E-state index in [1.165, 1.54) is 23.1 Å². The number of alkyl halides is 6. The molecule has 9 heteroatoms. The van der Waals surface area contributed by atoms with Crippen LogP contribution in [0.4, 0.5) is 32.0 Å². The van der Waals surface area contributed by atoms with Crippen LogP contribution in [0.2, 0.25) is 0 Å². The number of hydrogen-bond donors (Lipinski definition) is 1. The van der Waals surface area contributed by atoms with Crippen LogP contribution in [-0.2, 0) is 11.8 Å². The van der Waals surface area contributed by atoms with Gasteiger partial charge in [-0.15, -0.1) is 13.2 Å². The van der Waals surface area contributed by atoms with Crippen LogP contribution in [0.15, 0.2) is 72.8 Å². The first kappa shape index (κ1) is 24.9. The minimum atomic E-state index is -4.85. The van der Waals surface area contributed by atoms with Crippen molar-refractivity contribution >= 4 is 5.69 Å². The maximum atomic E-state index is 13.2. The number of hydrogen-bond acceptors (Lipinski definition) is 3. The molecule has 0 saturated heterocycles. The van der Waals surface area contributed by atoms with Crippen molar-refractivity contribution in [3.05, 3.63) is 95.1 Å². The van der Waals surface area contributed by atoms with Gasteiger partial charge in [0.15, 0.2) is 6.10 Å². The first-order valence-corrected chi connectivity index (χ1v) is 10.9. The Balaban J connectivity index is 1.80. The van der Waals surface area contributed by atoms with Crippen molar-refractivity contribution in [2.45, 2.75) is 37.4 Å². The van der Waals surface area contributed by atoms with E-state index in [0.717, 1.165) is 16.7 Å². The molecule has 0 fully saturated rings. The SMILES string of the molecule is Cc1ccc(C2(Cc3cccc(OC(F)(F)F)c3)CN(C[C@@H](O)C(F)(F)F)c3ccccc32)cc1. The van der Waals surface area contributed by atoms with E-state index in [-0.39, 0.29) is 18.7 Å². The summed E-state index contributed by atoms with van der Waals surface area (Å²) < 4.78 is 82.0. The lowest BCUT2D eigenvalue weighted by Crippen LogP contribution is -2.43. The van der Waals surface area contributed by atoms with Gasteiger partial charge in [0.1, 0.15) is 5.75 Å². The predicted molar refractivity (Wildman–Crippen MR) is 120 cm³/mol. The molecule has 0 aromatic heterocycles. The number of aliphatic hydroxyl groups is 1. The van der Waals surface area contributed by atoms with Gasteiger partial charge in [-0.2, -0.15) is 13.2 Å². The molecule has 35 heavy (non-hydrogen) atoms. The largest absolute Gasteiger partial charge is 0.573 e. The Morgan fingerprint density at radius 1 is 0.943 bits per heavy atom. The molecule has 186 valence electrons. The molecule has 3 nitrogen and oxygen atoms in total. The number of ether oxygens (including phenoxy) is 1. The number of aryl methyl sites for hydroxylation is 1. The third-order valence-corrected chi connectivity index (χ3v) is 6.23. The number of anilines is 1. The van der Waals surface area contributed by atoms with Gasteiger partial charge in [-0.3, -0.25) is 0 Å². The summed E-state index contributed by atoms with van der Waals surface area (Å²) in [5.74, 6) is -0.371. The van der Waals surface area contributed by atoms with Gasteiger partial charge in [0, 0.05) is 17.6 Å². The van der Waals surface area contributed by atoms with Crippen LogP contribution >= 0.6 is 0 Å². The van der Waals surface area contributed by atoms with Gasteiger partial charge in [-0.05, 0) is 48.2 Å². The van der Waals surface area contributed by atoms with E-state index in [0.29, 0.717) is 11.3 Å². The van der Waals surface area contributed by atoms with E-state index in [1.807, 2.05) is 37.3 Å². The summed E-state index contributed by atoms with van der Waals surface area (Å²) in [7, 11) is 0. The fraction of sp³-hybridized carbons (Fsp3) is 0.308. The smallest absolute Gasteiger partial charge is 0.406 e. The van der Waals surface area contributed by atoms with Crippen molar-refractivity contribution < 1.29 is 36.2 Å². The Labute approximate surface area is 198 Å². The minimum absolute atomic E-state index is 0.104. The third kappa shape index (κ3) is 5.40. The van der Waals surface area contributed by atoms with Gasteiger partial charge < -0.3 is 14.7 Å². The number of aliphatic hydroxyl groups excluding tert-OH is 1. The number of benzene rings is 3. The summed E-state index contributed by atoms with van der Waals surface area (Å²) in [5, 5.41) is 9.79. The van der Waals surface area contributed by atoms with E-state index >= 15 is 0 Å². The van der Waals surface area contributed by atoms with Crippen LogP contribution in [0.5, 0.6) is 5.75 Å². The minimum Gasteiger partial charge on any atom is -0.406 e. The van der Waals surface area contributed by atoms with E-state index in [9.17, 15) is 31.4 Å². The second-order valence-corrected chi connectivity index (χ2v) is 8.78. The van der Waals surface area contributed by atoms with Crippen LogP contribution in [0.3, 0.4) is 0 Å². The Morgan fingerprint density at radius 3 is 2.29 bits per heavy atom. The molecule has 3 aromatic carbocycles. The summed E-state index contributed by atoms with van der Waals surface area (Å²) in [5.41, 5.74) is 2.73. The highest BCUT2D eigenvalue weighted by atomic mass is 19.4. The van der Waals surface area contributed by atoms with Crippen LogP contribution in [0.1, 0.15) is 22.3 Å². The molecular weight excluding hydrogens is 472 g/mol. The highest BCUT2D eigenvalue weighted by Crippen LogP contribution is 2.48. The van der Waals surface area contributed by atoms with Gasteiger partial charge in [0.05, 0.1) is 6.54 Å². The number of rotatable bonds is 6. The van der Waals surface area contributed by atoms with Gasteiger partial charge in [0.2, 0.25) is 0 Å². The van der Waals surface area contributed by atoms with E-state index in [2.05, 4.69) is 4.74 Å². The van der Waals surface area contributed by atoms with E-state index < -0.39 is 30.6 Å². The van der Waals surface area contributed by atoms with Crippen LogP contribution < -0.4 is 9.64 Å². The number of para-hydroxylation sites is 1. The maximum absolute atomic E-state index is 13.2. The monoisotopic (exact) mass is 495 g/mol. The molecule has 0 amide bonds. The summed E-state index contributed by atoms with van der Waals surface area (Å²) in [4.78, 5) is 1.49. The first-order valence-electron chi connectivity index (χ1n) is 10.9. The average molecular weight is 495 g/mol. The number of β-amino-alcohol motifs (C(OH)–C–C–N with tert-alkyl or cyclic N) is 1. The van der Waals surface area contributed by atoms with Gasteiger partial charge >= 0.3 is 12.5 Å². The molecule has 2 atom stereocenters. The third-order valence-electron chi connectivity index (χ3n) is 6.23. The van der Waals surface area contributed by atoms with Crippen molar-refractivity contribution in [1.29, 1.82) is 0 Å². The molecule has 0 saturated carbocycles. The molecule has 0 aliphatic carbocycles. The Hall–Kier alpha value is -3.20. The van der Waals surface area contributed by atoms with E-state index in [1.54, 1.807) is 24.3 Å². The van der Waals surface area contributed by atoms with Crippen LogP contribution in [-0.4, -0.2) is 36.8 Å². The van der Waals surface area contributed by atoms with E-state index in [4.69, 9.17) is 0 Å². The highest BCUT2D eigenvalue weighted by Gasteiger charge is 2.47. The van der Waals surface area contributed by atoms with Gasteiger partial charge in [-0.25, -0.2) is 0 Å². The number of fused-ring (bicyclic) bond motifs is 1. The zero-order valence-corrected chi connectivity index (χ0v) is 18.7. The van der Waals surface area contributed by atoms with Crippen molar-refractivity contribution in [3.63, 3.8) is 0 Å². The van der Waals surface area contributed by atoms with Crippen molar-refractivity contribution in [2.24, 2.45) is 0 Å². The lowest BCUT2D eigenvalue weighted by Gasteiger charge is -2.33. The summed E-state index contributed by atoms with van der Waals surface area (Å²) >= 11 is 0. The Bertz CT molecular complexity index is 1180. The summed E-state index contributed by atoms with van der Waals surface area (Å²) in [6, 6.07) is 20.1. The molecule has 1 aliphatic rings. The average Bonchev–Trinajstić information content (AvgIpc) is 3.07. The zero-order valence-electron chi connectivity index (χ0n) is 18.7. The molecular formula is C26H23F6NO2. The van der Waals surface area contributed by atoms with Gasteiger partial charge in [-0.1, -0.05) is 60.2 Å². The molecule has 3 aromatic rings. The molecule has 1 heterocycles. The number of nitrogens with zero attached hydrogens (tertiary/aromatic N) is 1. The lowest BCUT2D eigenvalue weighted by molar-refractivity contribution is -0.274. The molecule has 1 unspecified atom stereocenters. The standard InChI is InChI=1S/C26H23F6NO2/c1-17-9-11-19(12-10-17)24(14-18-5-4-6-20(13-18)35-26(30,31)32)16-33(15-23(34)25(27,28)29)22-8-3-2-7-21(22)24/h2-13,23,34H,14-16H2,1H3/t23-,24?/m1/s1. The molecule has 0 bridgehead atoms. The first-order chi connectivity index (χ1) is 16.4. The van der Waals surface area contributed by atoms with Crippen molar-refractivity contribution in [2.75, 3.05) is 18.0 Å². The lowest BCUT2D eigenvalue weighted by atomic mass is 9.71. The molecule has 4 rings (SSSR count). The fourth-order valence-corrected chi connectivity index (χ4v) is 4.70. The van der Waals surface area contributed by atoms with Crippen molar-refractivity contribution in [1.82, 2.24) is 0 Å². The second-order valence-electron chi connectivity index (χ2n) is 8.78. The second kappa shape index (κ2) is 9.11.